The second kappa shape index (κ2) is 9.59. The first kappa shape index (κ1) is 21.0. The van der Waals surface area contributed by atoms with Crippen LogP contribution in [0.3, 0.4) is 0 Å². The molecule has 1 aromatic heterocycles. The summed E-state index contributed by atoms with van der Waals surface area (Å²) in [7, 11) is 1.26. The molecule has 0 saturated carbocycles. The molecule has 2 rings (SSSR count). The molecule has 0 amide bonds. The van der Waals surface area contributed by atoms with Gasteiger partial charge in [0.25, 0.3) is 0 Å². The fourth-order valence-corrected chi connectivity index (χ4v) is 2.70. The summed E-state index contributed by atoms with van der Waals surface area (Å²) in [4.78, 5) is 36.9. The number of nitrogens with zero attached hydrogens (tertiary/aromatic N) is 1. The van der Waals surface area contributed by atoms with Crippen molar-refractivity contribution in [2.45, 2.75) is 26.3 Å². The number of carbonyl (C=O) groups excluding carboxylic acids is 3. The van der Waals surface area contributed by atoms with E-state index in [2.05, 4.69) is 0 Å². The molecule has 0 saturated heterocycles. The van der Waals surface area contributed by atoms with E-state index in [0.717, 1.165) is 5.56 Å². The highest BCUT2D eigenvalue weighted by molar-refractivity contribution is 6.03. The number of phenols is 1. The van der Waals surface area contributed by atoms with Crippen molar-refractivity contribution in [2.24, 2.45) is 0 Å². The van der Waals surface area contributed by atoms with Gasteiger partial charge in [-0.05, 0) is 31.5 Å². The molecule has 2 aromatic rings. The summed E-state index contributed by atoms with van der Waals surface area (Å²) in [5, 5.41) is 9.43. The third-order valence-corrected chi connectivity index (χ3v) is 4.04. The van der Waals surface area contributed by atoms with Gasteiger partial charge in [-0.3, -0.25) is 0 Å². The zero-order chi connectivity index (χ0) is 20.7. The second-order valence-corrected chi connectivity index (χ2v) is 5.88. The number of benzene rings is 1. The highest BCUT2D eigenvalue weighted by Crippen LogP contribution is 2.23. The van der Waals surface area contributed by atoms with E-state index in [1.807, 2.05) is 0 Å². The van der Waals surface area contributed by atoms with Gasteiger partial charge < -0.3 is 23.9 Å². The molecule has 1 aromatic carbocycles. The molecule has 0 fully saturated rings. The van der Waals surface area contributed by atoms with Crippen molar-refractivity contribution in [3.63, 3.8) is 0 Å². The normalized spacial score (nSPS) is 11.5. The molecule has 8 nitrogen and oxygen atoms in total. The van der Waals surface area contributed by atoms with Gasteiger partial charge in [0.15, 0.2) is 0 Å². The Hall–Kier alpha value is -3.29. The van der Waals surface area contributed by atoms with E-state index in [9.17, 15) is 19.5 Å². The molecule has 0 spiro atoms. The van der Waals surface area contributed by atoms with Crippen molar-refractivity contribution in [3.8, 4) is 5.75 Å². The van der Waals surface area contributed by atoms with Crippen LogP contribution in [-0.2, 0) is 25.4 Å². The minimum atomic E-state index is -0.828. The number of aromatic hydroxyl groups is 1. The van der Waals surface area contributed by atoms with Gasteiger partial charge in [0, 0.05) is 18.8 Å². The summed E-state index contributed by atoms with van der Waals surface area (Å²) in [6, 6.07) is 5.53. The lowest BCUT2D eigenvalue weighted by atomic mass is 10.1. The fourth-order valence-electron chi connectivity index (χ4n) is 2.70. The van der Waals surface area contributed by atoms with Crippen molar-refractivity contribution >= 4 is 17.9 Å². The molecule has 0 aliphatic carbocycles. The number of methoxy groups -OCH3 is 1. The summed E-state index contributed by atoms with van der Waals surface area (Å²) in [6.45, 7) is 3.59. The number of hydrogen-bond acceptors (Lipinski definition) is 7. The number of rotatable bonds is 8. The van der Waals surface area contributed by atoms with Crippen LogP contribution in [0.1, 0.15) is 46.2 Å². The van der Waals surface area contributed by atoms with Gasteiger partial charge in [-0.15, -0.1) is 0 Å². The number of phenolic OH excluding ortho intramolecular Hbond substituents is 1. The number of hydrogen-bond donors (Lipinski definition) is 1. The molecule has 8 heteroatoms. The number of ether oxygens (including phenoxy) is 3. The molecule has 1 N–H and O–H groups in total. The number of carbonyl (C=O) groups is 3. The van der Waals surface area contributed by atoms with E-state index in [1.54, 1.807) is 26.0 Å². The molecule has 0 radical (unpaired) electrons. The van der Waals surface area contributed by atoms with Crippen LogP contribution in [0.25, 0.3) is 0 Å². The maximum absolute atomic E-state index is 12.4. The van der Waals surface area contributed by atoms with E-state index in [-0.39, 0.29) is 36.5 Å². The summed E-state index contributed by atoms with van der Waals surface area (Å²) < 4.78 is 16.3. The minimum Gasteiger partial charge on any atom is -0.508 e. The SMILES string of the molecule is CCOC(=O)c1cn([C@@H](Cc2ccc(O)cc2)C(=O)OC)cc1C(=O)OCC. The Morgan fingerprint density at radius 3 is 1.89 bits per heavy atom. The third kappa shape index (κ3) is 4.91. The Balaban J connectivity index is 2.45. The minimum absolute atomic E-state index is 0.0138. The van der Waals surface area contributed by atoms with Crippen molar-refractivity contribution in [2.75, 3.05) is 20.3 Å². The molecule has 0 bridgehead atoms. The maximum atomic E-state index is 12.4. The van der Waals surface area contributed by atoms with Crippen LogP contribution in [0.4, 0.5) is 0 Å². The monoisotopic (exact) mass is 389 g/mol. The lowest BCUT2D eigenvalue weighted by molar-refractivity contribution is -0.144. The molecular formula is C20H23NO7. The second-order valence-electron chi connectivity index (χ2n) is 5.88. The Kier molecular flexibility index (Phi) is 7.20. The van der Waals surface area contributed by atoms with E-state index in [4.69, 9.17) is 14.2 Å². The maximum Gasteiger partial charge on any atom is 0.340 e. The molecule has 0 unspecified atom stereocenters. The van der Waals surface area contributed by atoms with Crippen molar-refractivity contribution in [1.29, 1.82) is 0 Å². The predicted molar refractivity (Wildman–Crippen MR) is 99.2 cm³/mol. The Morgan fingerprint density at radius 1 is 0.964 bits per heavy atom. The quantitative estimate of drug-likeness (QED) is 0.546. The highest BCUT2D eigenvalue weighted by atomic mass is 16.5. The highest BCUT2D eigenvalue weighted by Gasteiger charge is 2.28. The first-order valence-electron chi connectivity index (χ1n) is 8.82. The average Bonchev–Trinajstić information content (AvgIpc) is 3.12. The van der Waals surface area contributed by atoms with Crippen LogP contribution in [0, 0.1) is 0 Å². The lowest BCUT2D eigenvalue weighted by Gasteiger charge is -2.16. The molecule has 28 heavy (non-hydrogen) atoms. The summed E-state index contributed by atoms with van der Waals surface area (Å²) in [5.74, 6) is -1.81. The fraction of sp³-hybridized carbons (Fsp3) is 0.350. The first-order valence-corrected chi connectivity index (χ1v) is 8.82. The Bertz CT molecular complexity index is 803. The third-order valence-electron chi connectivity index (χ3n) is 4.04. The van der Waals surface area contributed by atoms with Gasteiger partial charge in [0.05, 0.1) is 31.5 Å². The van der Waals surface area contributed by atoms with Crippen LogP contribution in [0.2, 0.25) is 0 Å². The first-order chi connectivity index (χ1) is 13.4. The van der Waals surface area contributed by atoms with Crippen LogP contribution in [-0.4, -0.2) is 47.9 Å². The average molecular weight is 389 g/mol. The van der Waals surface area contributed by atoms with E-state index in [1.165, 1.54) is 36.2 Å². The summed E-state index contributed by atoms with van der Waals surface area (Å²) in [6.07, 6.45) is 2.99. The van der Waals surface area contributed by atoms with E-state index in [0.29, 0.717) is 0 Å². The van der Waals surface area contributed by atoms with Crippen molar-refractivity contribution < 1.29 is 33.7 Å². The van der Waals surface area contributed by atoms with Gasteiger partial charge in [-0.2, -0.15) is 0 Å². The zero-order valence-electron chi connectivity index (χ0n) is 16.0. The lowest BCUT2D eigenvalue weighted by Crippen LogP contribution is -2.22. The smallest absolute Gasteiger partial charge is 0.340 e. The van der Waals surface area contributed by atoms with Crippen molar-refractivity contribution in [3.05, 3.63) is 53.3 Å². The molecule has 0 aliphatic heterocycles. The van der Waals surface area contributed by atoms with Gasteiger partial charge in [-0.1, -0.05) is 12.1 Å². The van der Waals surface area contributed by atoms with Gasteiger partial charge in [0.1, 0.15) is 11.8 Å². The number of esters is 3. The molecule has 1 atom stereocenters. The van der Waals surface area contributed by atoms with Crippen LogP contribution in [0.5, 0.6) is 5.75 Å². The molecule has 150 valence electrons. The molecular weight excluding hydrogens is 366 g/mol. The Labute approximate surface area is 162 Å². The van der Waals surface area contributed by atoms with Crippen molar-refractivity contribution in [1.82, 2.24) is 4.57 Å². The molecule has 0 aliphatic rings. The Morgan fingerprint density at radius 2 is 1.46 bits per heavy atom. The van der Waals surface area contributed by atoms with Gasteiger partial charge in [0.2, 0.25) is 0 Å². The summed E-state index contributed by atoms with van der Waals surface area (Å²) >= 11 is 0. The van der Waals surface area contributed by atoms with Gasteiger partial charge in [-0.25, -0.2) is 14.4 Å². The largest absolute Gasteiger partial charge is 0.508 e. The predicted octanol–water partition coefficient (Wildman–Crippen LogP) is 2.50. The number of aromatic nitrogens is 1. The molecule has 1 heterocycles. The van der Waals surface area contributed by atoms with Gasteiger partial charge >= 0.3 is 17.9 Å². The van der Waals surface area contributed by atoms with Crippen LogP contribution >= 0.6 is 0 Å². The summed E-state index contributed by atoms with van der Waals surface area (Å²) in [5.41, 5.74) is 0.789. The van der Waals surface area contributed by atoms with Crippen LogP contribution in [0.15, 0.2) is 36.7 Å². The van der Waals surface area contributed by atoms with E-state index >= 15 is 0 Å². The van der Waals surface area contributed by atoms with E-state index < -0.39 is 23.9 Å². The zero-order valence-corrected chi connectivity index (χ0v) is 16.0. The standard InChI is InChI=1S/C20H23NO7/c1-4-27-18(23)15-11-21(12-16(15)19(24)28-5-2)17(20(25)26-3)10-13-6-8-14(22)9-7-13/h6-9,11-12,17,22H,4-5,10H2,1-3H3/t17-/m0/s1. The van der Waals surface area contributed by atoms with Crippen LogP contribution < -0.4 is 0 Å². The topological polar surface area (TPSA) is 104 Å².